The summed E-state index contributed by atoms with van der Waals surface area (Å²) in [5, 5.41) is 2.89. The van der Waals surface area contributed by atoms with Gasteiger partial charge in [0.25, 0.3) is 5.91 Å². The Kier molecular flexibility index (Phi) is 3.65. The second kappa shape index (κ2) is 5.46. The number of ether oxygens (including phenoxy) is 1. The van der Waals surface area contributed by atoms with E-state index in [9.17, 15) is 9.59 Å². The molecule has 2 aliphatic heterocycles. The van der Waals surface area contributed by atoms with E-state index in [1.54, 1.807) is 0 Å². The van der Waals surface area contributed by atoms with Crippen molar-refractivity contribution in [3.63, 3.8) is 0 Å². The zero-order chi connectivity index (χ0) is 14.9. The summed E-state index contributed by atoms with van der Waals surface area (Å²) in [5.41, 5.74) is -0.177. The van der Waals surface area contributed by atoms with Crippen LogP contribution in [0.2, 0.25) is 0 Å². The average Bonchev–Trinajstić information content (AvgIpc) is 2.74. The van der Waals surface area contributed by atoms with Crippen molar-refractivity contribution in [2.24, 2.45) is 0 Å². The van der Waals surface area contributed by atoms with E-state index in [0.717, 1.165) is 23.6 Å². The van der Waals surface area contributed by atoms with Gasteiger partial charge in [0.1, 0.15) is 0 Å². The molecule has 2 aliphatic rings. The molecule has 21 heavy (non-hydrogen) atoms. The Labute approximate surface area is 123 Å². The molecule has 6 nitrogen and oxygen atoms in total. The fraction of sp³-hybridized carbons (Fsp3) is 0.467. The molecule has 112 valence electrons. The van der Waals surface area contributed by atoms with Gasteiger partial charge in [0, 0.05) is 26.7 Å². The number of amides is 3. The number of carbonyl (C=O) groups excluding carboxylic acids is 2. The summed E-state index contributed by atoms with van der Waals surface area (Å²) >= 11 is 0. The van der Waals surface area contributed by atoms with Crippen LogP contribution in [0.4, 0.5) is 4.79 Å². The van der Waals surface area contributed by atoms with Crippen molar-refractivity contribution < 1.29 is 14.3 Å². The molecule has 2 fully saturated rings. The third-order valence-electron chi connectivity index (χ3n) is 4.13. The van der Waals surface area contributed by atoms with E-state index < -0.39 is 5.54 Å². The number of rotatable bonds is 3. The number of imide groups is 1. The van der Waals surface area contributed by atoms with Gasteiger partial charge < -0.3 is 10.1 Å². The lowest BCUT2D eigenvalue weighted by Crippen LogP contribution is -2.54. The molecule has 2 saturated heterocycles. The maximum Gasteiger partial charge on any atom is 0.325 e. The first kappa shape index (κ1) is 14.0. The zero-order valence-corrected chi connectivity index (χ0v) is 12.0. The van der Waals surface area contributed by atoms with Crippen molar-refractivity contribution in [3.05, 3.63) is 35.9 Å². The Morgan fingerprint density at radius 3 is 2.43 bits per heavy atom. The fourth-order valence-electron chi connectivity index (χ4n) is 2.91. The molecule has 6 heteroatoms. The zero-order valence-electron chi connectivity index (χ0n) is 12.0. The minimum Gasteiger partial charge on any atom is -0.379 e. The van der Waals surface area contributed by atoms with Gasteiger partial charge in [-0.15, -0.1) is 0 Å². The van der Waals surface area contributed by atoms with Crippen LogP contribution in [-0.4, -0.2) is 61.6 Å². The van der Waals surface area contributed by atoms with Crippen LogP contribution < -0.4 is 5.32 Å². The largest absolute Gasteiger partial charge is 0.379 e. The van der Waals surface area contributed by atoms with Crippen molar-refractivity contribution in [3.8, 4) is 0 Å². The molecule has 0 radical (unpaired) electrons. The molecule has 0 aliphatic carbocycles. The lowest BCUT2D eigenvalue weighted by atomic mass is 9.89. The number of benzene rings is 1. The SMILES string of the molecule is CN1C(=O)N[C@](CN2CCOCC2)(c2ccccc2)C1=O. The van der Waals surface area contributed by atoms with Crippen molar-refractivity contribution in [2.75, 3.05) is 39.9 Å². The highest BCUT2D eigenvalue weighted by molar-refractivity contribution is 6.07. The topological polar surface area (TPSA) is 61.9 Å². The molecule has 1 aromatic carbocycles. The van der Waals surface area contributed by atoms with Gasteiger partial charge in [-0.05, 0) is 5.56 Å². The third-order valence-corrected chi connectivity index (χ3v) is 4.13. The van der Waals surface area contributed by atoms with Gasteiger partial charge in [-0.3, -0.25) is 14.6 Å². The van der Waals surface area contributed by atoms with Crippen molar-refractivity contribution in [1.29, 1.82) is 0 Å². The highest BCUT2D eigenvalue weighted by atomic mass is 16.5. The standard InChI is InChI=1S/C15H19N3O3/c1-17-13(19)15(16-14(17)20,12-5-3-2-4-6-12)11-18-7-9-21-10-8-18/h2-6H,7-11H2,1H3,(H,16,20)/t15-/m1/s1. The lowest BCUT2D eigenvalue weighted by molar-refractivity contribution is -0.132. The van der Waals surface area contributed by atoms with E-state index in [1.165, 1.54) is 7.05 Å². The van der Waals surface area contributed by atoms with E-state index in [1.807, 2.05) is 30.3 Å². The molecule has 1 N–H and O–H groups in total. The molecule has 0 aromatic heterocycles. The van der Waals surface area contributed by atoms with E-state index in [4.69, 9.17) is 4.74 Å². The second-order valence-electron chi connectivity index (χ2n) is 5.45. The van der Waals surface area contributed by atoms with Gasteiger partial charge in [0.05, 0.1) is 13.2 Å². The number of urea groups is 1. The monoisotopic (exact) mass is 289 g/mol. The number of hydrogen-bond acceptors (Lipinski definition) is 4. The number of nitrogens with one attached hydrogen (secondary N) is 1. The minimum absolute atomic E-state index is 0.204. The summed E-state index contributed by atoms with van der Waals surface area (Å²) in [4.78, 5) is 28.0. The van der Waals surface area contributed by atoms with E-state index in [0.29, 0.717) is 19.8 Å². The van der Waals surface area contributed by atoms with Gasteiger partial charge in [0.2, 0.25) is 0 Å². The maximum atomic E-state index is 12.7. The number of carbonyl (C=O) groups is 2. The van der Waals surface area contributed by atoms with Crippen LogP contribution in [0.15, 0.2) is 30.3 Å². The van der Waals surface area contributed by atoms with E-state index in [2.05, 4.69) is 10.2 Å². The predicted octanol–water partition coefficient (Wildman–Crippen LogP) is 0.396. The molecule has 3 amide bonds. The Bertz CT molecular complexity index is 542. The Balaban J connectivity index is 1.95. The summed E-state index contributed by atoms with van der Waals surface area (Å²) < 4.78 is 5.35. The molecule has 2 heterocycles. The number of hydrogen-bond donors (Lipinski definition) is 1. The molecule has 0 saturated carbocycles. The van der Waals surface area contributed by atoms with Crippen LogP contribution in [0.1, 0.15) is 5.56 Å². The van der Waals surface area contributed by atoms with Gasteiger partial charge >= 0.3 is 6.03 Å². The van der Waals surface area contributed by atoms with Crippen LogP contribution >= 0.6 is 0 Å². The Morgan fingerprint density at radius 1 is 1.19 bits per heavy atom. The summed E-state index contributed by atoms with van der Waals surface area (Å²) in [6.45, 7) is 3.31. The molecule has 0 unspecified atom stereocenters. The summed E-state index contributed by atoms with van der Waals surface area (Å²) in [6.07, 6.45) is 0. The predicted molar refractivity (Wildman–Crippen MR) is 76.7 cm³/mol. The van der Waals surface area contributed by atoms with Gasteiger partial charge in [-0.2, -0.15) is 0 Å². The van der Waals surface area contributed by atoms with Crippen molar-refractivity contribution in [1.82, 2.24) is 15.1 Å². The van der Waals surface area contributed by atoms with Gasteiger partial charge in [-0.1, -0.05) is 30.3 Å². The van der Waals surface area contributed by atoms with Gasteiger partial charge in [-0.25, -0.2) is 4.79 Å². The second-order valence-corrected chi connectivity index (χ2v) is 5.45. The molecular formula is C15H19N3O3. The van der Waals surface area contributed by atoms with Crippen LogP contribution in [0.25, 0.3) is 0 Å². The summed E-state index contributed by atoms with van der Waals surface area (Å²) in [7, 11) is 1.52. The average molecular weight is 289 g/mol. The Hall–Kier alpha value is -1.92. The third kappa shape index (κ3) is 2.41. The highest BCUT2D eigenvalue weighted by Gasteiger charge is 2.51. The maximum absolute atomic E-state index is 12.7. The highest BCUT2D eigenvalue weighted by Crippen LogP contribution is 2.29. The van der Waals surface area contributed by atoms with E-state index >= 15 is 0 Å². The molecule has 1 atom stereocenters. The number of likely N-dealkylation sites (N-methyl/N-ethyl adjacent to an activating group) is 1. The van der Waals surface area contributed by atoms with Crippen molar-refractivity contribution >= 4 is 11.9 Å². The lowest BCUT2D eigenvalue weighted by Gasteiger charge is -2.35. The first-order valence-electron chi connectivity index (χ1n) is 7.09. The molecule has 0 bridgehead atoms. The van der Waals surface area contributed by atoms with Crippen LogP contribution in [0.5, 0.6) is 0 Å². The molecular weight excluding hydrogens is 270 g/mol. The number of morpholine rings is 1. The fourth-order valence-corrected chi connectivity index (χ4v) is 2.91. The van der Waals surface area contributed by atoms with Crippen LogP contribution in [0.3, 0.4) is 0 Å². The van der Waals surface area contributed by atoms with Gasteiger partial charge in [0.15, 0.2) is 5.54 Å². The van der Waals surface area contributed by atoms with E-state index in [-0.39, 0.29) is 11.9 Å². The summed E-state index contributed by atoms with van der Waals surface area (Å²) in [6, 6.07) is 9.09. The smallest absolute Gasteiger partial charge is 0.325 e. The molecule has 0 spiro atoms. The normalized spacial score (nSPS) is 27.0. The quantitative estimate of drug-likeness (QED) is 0.818. The number of nitrogens with zero attached hydrogens (tertiary/aromatic N) is 2. The first-order valence-corrected chi connectivity index (χ1v) is 7.09. The molecule has 1 aromatic rings. The minimum atomic E-state index is -0.996. The van der Waals surface area contributed by atoms with Crippen LogP contribution in [-0.2, 0) is 15.1 Å². The summed E-state index contributed by atoms with van der Waals surface area (Å²) in [5.74, 6) is -0.204. The molecule has 3 rings (SSSR count). The Morgan fingerprint density at radius 2 is 1.86 bits per heavy atom. The van der Waals surface area contributed by atoms with Crippen LogP contribution in [0, 0.1) is 0 Å². The van der Waals surface area contributed by atoms with Crippen molar-refractivity contribution in [2.45, 2.75) is 5.54 Å². The first-order chi connectivity index (χ1) is 10.1.